The van der Waals surface area contributed by atoms with Crippen molar-refractivity contribution in [2.75, 3.05) is 13.2 Å². The fourth-order valence-corrected chi connectivity index (χ4v) is 5.43. The van der Waals surface area contributed by atoms with E-state index in [4.69, 9.17) is 9.47 Å². The summed E-state index contributed by atoms with van der Waals surface area (Å²) in [5.41, 5.74) is 1.79. The predicted octanol–water partition coefficient (Wildman–Crippen LogP) is 4.55. The summed E-state index contributed by atoms with van der Waals surface area (Å²) in [7, 11) is 0. The molecule has 0 amide bonds. The molecule has 2 spiro atoms. The van der Waals surface area contributed by atoms with Gasteiger partial charge in [0, 0.05) is 12.3 Å². The van der Waals surface area contributed by atoms with Crippen LogP contribution < -0.4 is 0 Å². The molecule has 2 aliphatic carbocycles. The molecule has 4 atom stereocenters. The number of allylic oxidation sites excluding steroid dienone is 1. The molecule has 114 valence electrons. The summed E-state index contributed by atoms with van der Waals surface area (Å²) in [6, 6.07) is 0. The number of rotatable bonds is 2. The second-order valence-electron chi connectivity index (χ2n) is 7.39. The van der Waals surface area contributed by atoms with E-state index >= 15 is 0 Å². The first-order valence-electron chi connectivity index (χ1n) is 8.47. The Labute approximate surface area is 123 Å². The van der Waals surface area contributed by atoms with Crippen LogP contribution in [-0.4, -0.2) is 19.0 Å². The second kappa shape index (κ2) is 5.14. The minimum atomic E-state index is -0.260. The summed E-state index contributed by atoms with van der Waals surface area (Å²) >= 11 is 0. The third-order valence-electron chi connectivity index (χ3n) is 6.73. The topological polar surface area (TPSA) is 18.5 Å². The lowest BCUT2D eigenvalue weighted by atomic mass is 9.56. The molecule has 3 fully saturated rings. The van der Waals surface area contributed by atoms with Gasteiger partial charge >= 0.3 is 0 Å². The smallest absolute Gasteiger partial charge is 0.171 e. The Kier molecular flexibility index (Phi) is 3.75. The Hall–Kier alpha value is -0.340. The molecule has 1 saturated heterocycles. The van der Waals surface area contributed by atoms with E-state index in [9.17, 15) is 0 Å². The predicted molar refractivity (Wildman–Crippen MR) is 81.4 cm³/mol. The molecule has 2 saturated carbocycles. The van der Waals surface area contributed by atoms with Crippen molar-refractivity contribution in [3.63, 3.8) is 0 Å². The number of hydrogen-bond acceptors (Lipinski definition) is 2. The first-order chi connectivity index (χ1) is 9.54. The summed E-state index contributed by atoms with van der Waals surface area (Å²) in [6.45, 7) is 12.8. The van der Waals surface area contributed by atoms with Gasteiger partial charge in [0.1, 0.15) is 0 Å². The third-order valence-corrected chi connectivity index (χ3v) is 6.73. The Morgan fingerprint density at radius 2 is 1.90 bits per heavy atom. The van der Waals surface area contributed by atoms with E-state index in [1.165, 1.54) is 37.7 Å². The lowest BCUT2D eigenvalue weighted by molar-refractivity contribution is -0.197. The maximum Gasteiger partial charge on any atom is 0.171 e. The lowest BCUT2D eigenvalue weighted by Crippen LogP contribution is -2.45. The molecular weight excluding hydrogens is 248 g/mol. The van der Waals surface area contributed by atoms with Gasteiger partial charge in [0.05, 0.1) is 13.2 Å². The molecule has 0 aromatic rings. The number of ether oxygens (including phenoxy) is 2. The van der Waals surface area contributed by atoms with E-state index < -0.39 is 0 Å². The van der Waals surface area contributed by atoms with Crippen molar-refractivity contribution in [1.82, 2.24) is 0 Å². The molecular formula is C18H30O2. The van der Waals surface area contributed by atoms with Gasteiger partial charge in [0.2, 0.25) is 0 Å². The zero-order valence-corrected chi connectivity index (χ0v) is 13.4. The fraction of sp³-hybridized carbons (Fsp3) is 0.889. The summed E-state index contributed by atoms with van der Waals surface area (Å²) in [4.78, 5) is 0. The third kappa shape index (κ3) is 1.99. The van der Waals surface area contributed by atoms with Crippen LogP contribution in [0.2, 0.25) is 0 Å². The van der Waals surface area contributed by atoms with Gasteiger partial charge in [-0.3, -0.25) is 0 Å². The van der Waals surface area contributed by atoms with Crippen molar-refractivity contribution in [1.29, 1.82) is 0 Å². The highest BCUT2D eigenvalue weighted by Gasteiger charge is 2.61. The SMILES string of the molecule is C=C(C)[C@H]1CC[C@H](CC)[C@]2(CCC3(OCCO3)C2C)C1. The summed E-state index contributed by atoms with van der Waals surface area (Å²) in [6.07, 6.45) is 7.65. The summed E-state index contributed by atoms with van der Waals surface area (Å²) < 4.78 is 12.2. The molecule has 2 nitrogen and oxygen atoms in total. The van der Waals surface area contributed by atoms with E-state index in [-0.39, 0.29) is 5.79 Å². The van der Waals surface area contributed by atoms with Crippen molar-refractivity contribution < 1.29 is 9.47 Å². The van der Waals surface area contributed by atoms with Gasteiger partial charge in [-0.15, -0.1) is 0 Å². The number of hydrogen-bond donors (Lipinski definition) is 0. The minimum absolute atomic E-state index is 0.260. The average Bonchev–Trinajstić information content (AvgIpc) is 3.02. The lowest BCUT2D eigenvalue weighted by Gasteiger charge is -2.49. The van der Waals surface area contributed by atoms with Crippen LogP contribution >= 0.6 is 0 Å². The first kappa shape index (κ1) is 14.6. The van der Waals surface area contributed by atoms with Crippen molar-refractivity contribution in [3.05, 3.63) is 12.2 Å². The molecule has 1 unspecified atom stereocenters. The van der Waals surface area contributed by atoms with Crippen LogP contribution in [-0.2, 0) is 9.47 Å². The van der Waals surface area contributed by atoms with E-state index in [1.807, 2.05) is 0 Å². The van der Waals surface area contributed by atoms with Crippen LogP contribution in [0.1, 0.15) is 59.3 Å². The largest absolute Gasteiger partial charge is 0.347 e. The molecule has 1 heterocycles. The van der Waals surface area contributed by atoms with Gasteiger partial charge in [0.15, 0.2) is 5.79 Å². The van der Waals surface area contributed by atoms with Gasteiger partial charge < -0.3 is 9.47 Å². The van der Waals surface area contributed by atoms with Crippen molar-refractivity contribution in [2.45, 2.75) is 65.1 Å². The van der Waals surface area contributed by atoms with E-state index in [0.29, 0.717) is 17.3 Å². The summed E-state index contributed by atoms with van der Waals surface area (Å²) in [5, 5.41) is 0. The average molecular weight is 278 g/mol. The highest BCUT2D eigenvalue weighted by atomic mass is 16.7. The molecule has 0 bridgehead atoms. The van der Waals surface area contributed by atoms with Crippen molar-refractivity contribution in [2.24, 2.45) is 23.2 Å². The Morgan fingerprint density at radius 1 is 1.20 bits per heavy atom. The van der Waals surface area contributed by atoms with Crippen LogP contribution in [0, 0.1) is 23.2 Å². The van der Waals surface area contributed by atoms with E-state index in [0.717, 1.165) is 25.6 Å². The second-order valence-corrected chi connectivity index (χ2v) is 7.39. The van der Waals surface area contributed by atoms with E-state index in [2.05, 4.69) is 27.4 Å². The normalized spacial score (nSPS) is 43.5. The Morgan fingerprint density at radius 3 is 2.50 bits per heavy atom. The Bertz CT molecular complexity index is 383. The molecule has 20 heavy (non-hydrogen) atoms. The monoisotopic (exact) mass is 278 g/mol. The molecule has 0 aromatic carbocycles. The van der Waals surface area contributed by atoms with E-state index in [1.54, 1.807) is 0 Å². The van der Waals surface area contributed by atoms with Gasteiger partial charge in [-0.05, 0) is 49.9 Å². The van der Waals surface area contributed by atoms with Gasteiger partial charge in [-0.2, -0.15) is 0 Å². The van der Waals surface area contributed by atoms with Gasteiger partial charge in [0.25, 0.3) is 0 Å². The zero-order valence-electron chi connectivity index (χ0n) is 13.4. The maximum atomic E-state index is 6.09. The molecule has 3 aliphatic rings. The maximum absolute atomic E-state index is 6.09. The van der Waals surface area contributed by atoms with Crippen LogP contribution in [0.25, 0.3) is 0 Å². The van der Waals surface area contributed by atoms with Crippen LogP contribution in [0.3, 0.4) is 0 Å². The quantitative estimate of drug-likeness (QED) is 0.690. The van der Waals surface area contributed by atoms with Gasteiger partial charge in [-0.1, -0.05) is 32.4 Å². The van der Waals surface area contributed by atoms with Crippen LogP contribution in [0.5, 0.6) is 0 Å². The fourth-order valence-electron chi connectivity index (χ4n) is 5.43. The highest BCUT2D eigenvalue weighted by molar-refractivity contribution is 5.10. The first-order valence-corrected chi connectivity index (χ1v) is 8.47. The molecule has 3 rings (SSSR count). The standard InChI is InChI=1S/C18H30O2/c1-5-16-7-6-15(13(2)3)12-17(16)8-9-18(14(17)4)19-10-11-20-18/h14-16H,2,5-12H2,1,3-4H3/t14?,15-,16-,17+/m0/s1. The molecule has 1 aliphatic heterocycles. The van der Waals surface area contributed by atoms with Crippen molar-refractivity contribution in [3.8, 4) is 0 Å². The molecule has 0 radical (unpaired) electrons. The minimum Gasteiger partial charge on any atom is -0.347 e. The van der Waals surface area contributed by atoms with Crippen molar-refractivity contribution >= 4 is 0 Å². The highest BCUT2D eigenvalue weighted by Crippen LogP contribution is 2.63. The van der Waals surface area contributed by atoms with Gasteiger partial charge in [-0.25, -0.2) is 0 Å². The Balaban J connectivity index is 1.89. The molecule has 2 heteroatoms. The van der Waals surface area contributed by atoms with Crippen LogP contribution in [0.15, 0.2) is 12.2 Å². The molecule has 0 N–H and O–H groups in total. The summed E-state index contributed by atoms with van der Waals surface area (Å²) in [5.74, 6) is 1.80. The molecule has 0 aromatic heterocycles. The zero-order chi connectivity index (χ0) is 14.4. The van der Waals surface area contributed by atoms with Crippen LogP contribution in [0.4, 0.5) is 0 Å².